The zero-order valence-electron chi connectivity index (χ0n) is 13.2. The summed E-state index contributed by atoms with van der Waals surface area (Å²) in [6.45, 7) is 9.39. The summed E-state index contributed by atoms with van der Waals surface area (Å²) in [7, 11) is -3.42. The molecule has 0 saturated heterocycles. The van der Waals surface area contributed by atoms with Crippen LogP contribution >= 0.6 is 0 Å². The van der Waals surface area contributed by atoms with Gasteiger partial charge in [-0.15, -0.1) is 0 Å². The minimum absolute atomic E-state index is 0. The predicted molar refractivity (Wildman–Crippen MR) is 90.5 cm³/mol. The fraction of sp³-hybridized carbons (Fsp3) is 0.250. The third-order valence-corrected chi connectivity index (χ3v) is 11.5. The van der Waals surface area contributed by atoms with Crippen LogP contribution in [0.3, 0.4) is 0 Å². The van der Waals surface area contributed by atoms with Gasteiger partial charge in [0.25, 0.3) is 0 Å². The molecule has 0 aliphatic heterocycles. The Bertz CT molecular complexity index is 477. The van der Waals surface area contributed by atoms with Crippen molar-refractivity contribution >= 4 is 26.8 Å². The van der Waals surface area contributed by atoms with Crippen molar-refractivity contribution in [2.45, 2.75) is 26.2 Å². The fourth-order valence-electron chi connectivity index (χ4n) is 2.52. The number of rotatable bonds is 4. The summed E-state index contributed by atoms with van der Waals surface area (Å²) in [6.07, 6.45) is 0. The largest absolute Gasteiger partial charge is 1.00 e. The van der Waals surface area contributed by atoms with Crippen molar-refractivity contribution < 1.29 is 29.6 Å². The maximum absolute atomic E-state index is 5.36. The summed E-state index contributed by atoms with van der Waals surface area (Å²) >= 11 is 0. The summed E-state index contributed by atoms with van der Waals surface area (Å²) in [5.41, 5.74) is 0. The van der Waals surface area contributed by atoms with Crippen LogP contribution in [0.1, 0.15) is 0 Å². The van der Waals surface area contributed by atoms with Gasteiger partial charge in [0.05, 0.1) is 0 Å². The normalized spacial score (nSPS) is 11.8. The van der Waals surface area contributed by atoms with E-state index in [1.807, 2.05) is 0 Å². The number of benzene rings is 2. The molecule has 0 fully saturated rings. The van der Waals surface area contributed by atoms with Crippen LogP contribution in [0, 0.1) is 0 Å². The van der Waals surface area contributed by atoms with Crippen LogP contribution in [-0.2, 0) is 0 Å². The second kappa shape index (κ2) is 7.20. The smallest absolute Gasteiger partial charge is 0.660 e. The first kappa shape index (κ1) is 17.9. The molecule has 0 spiro atoms. The van der Waals surface area contributed by atoms with E-state index >= 15 is 0 Å². The summed E-state index contributed by atoms with van der Waals surface area (Å²) in [5, 5.41) is 2.85. The topological polar surface area (TPSA) is 14.1 Å². The fourth-order valence-corrected chi connectivity index (χ4v) is 11.2. The van der Waals surface area contributed by atoms with E-state index in [9.17, 15) is 0 Å². The molecule has 2 aromatic carbocycles. The van der Waals surface area contributed by atoms with E-state index in [-0.39, 0.29) is 29.6 Å². The first-order chi connectivity index (χ1) is 8.92. The van der Waals surface area contributed by atoms with Gasteiger partial charge in [-0.2, -0.15) is 0 Å². The van der Waals surface area contributed by atoms with Gasteiger partial charge in [-0.1, -0.05) is 97.2 Å². The first-order valence-electron chi connectivity index (χ1n) is 6.77. The van der Waals surface area contributed by atoms with Crippen molar-refractivity contribution in [2.24, 2.45) is 0 Å². The third-order valence-electron chi connectivity index (χ3n) is 3.52. The van der Waals surface area contributed by atoms with Crippen molar-refractivity contribution in [2.75, 3.05) is 0 Å². The molecule has 2 rings (SSSR count). The van der Waals surface area contributed by atoms with Gasteiger partial charge in [-0.05, 0) is 16.5 Å². The van der Waals surface area contributed by atoms with E-state index in [1.54, 1.807) is 0 Å². The van der Waals surface area contributed by atoms with E-state index < -0.39 is 16.5 Å². The Labute approximate surface area is 147 Å². The molecule has 100 valence electrons. The van der Waals surface area contributed by atoms with Crippen molar-refractivity contribution in [3.63, 3.8) is 0 Å². The van der Waals surface area contributed by atoms with Crippen LogP contribution in [0.4, 0.5) is 0 Å². The SMILES string of the molecule is C[Si](C)([N-][Si](C)(C)c1ccccc1)c1ccccc1.[Na+]. The summed E-state index contributed by atoms with van der Waals surface area (Å²) in [6, 6.07) is 21.6. The average molecular weight is 308 g/mol. The Morgan fingerprint density at radius 1 is 0.600 bits per heavy atom. The van der Waals surface area contributed by atoms with Crippen LogP contribution in [-0.4, -0.2) is 16.5 Å². The summed E-state index contributed by atoms with van der Waals surface area (Å²) in [5.74, 6) is 0. The van der Waals surface area contributed by atoms with Crippen molar-refractivity contribution in [3.8, 4) is 0 Å². The second-order valence-electron chi connectivity index (χ2n) is 5.96. The molecule has 0 aromatic heterocycles. The van der Waals surface area contributed by atoms with Gasteiger partial charge in [0.2, 0.25) is 0 Å². The van der Waals surface area contributed by atoms with Crippen LogP contribution < -0.4 is 39.9 Å². The molecule has 0 radical (unpaired) electrons. The Morgan fingerprint density at radius 3 is 1.20 bits per heavy atom. The second-order valence-corrected chi connectivity index (χ2v) is 14.2. The summed E-state index contributed by atoms with van der Waals surface area (Å²) in [4.78, 5) is 0. The van der Waals surface area contributed by atoms with E-state index in [0.717, 1.165) is 0 Å². The minimum Gasteiger partial charge on any atom is -0.660 e. The van der Waals surface area contributed by atoms with Gasteiger partial charge < -0.3 is 4.65 Å². The van der Waals surface area contributed by atoms with Gasteiger partial charge in [0, 0.05) is 0 Å². The van der Waals surface area contributed by atoms with Crippen molar-refractivity contribution in [3.05, 3.63) is 65.3 Å². The van der Waals surface area contributed by atoms with Gasteiger partial charge in [-0.3, -0.25) is 0 Å². The molecule has 1 nitrogen and oxygen atoms in total. The zero-order chi connectivity index (χ0) is 13.9. The van der Waals surface area contributed by atoms with Crippen LogP contribution in [0.5, 0.6) is 0 Å². The third kappa shape index (κ3) is 4.41. The molecule has 4 heteroatoms. The Morgan fingerprint density at radius 2 is 0.900 bits per heavy atom. The van der Waals surface area contributed by atoms with E-state index in [4.69, 9.17) is 4.65 Å². The molecule has 0 N–H and O–H groups in total. The Balaban J connectivity index is 0.00000200. The molecule has 0 saturated carbocycles. The Kier molecular flexibility index (Phi) is 6.44. The maximum atomic E-state index is 5.36. The van der Waals surface area contributed by atoms with Gasteiger partial charge in [-0.25, -0.2) is 0 Å². The zero-order valence-corrected chi connectivity index (χ0v) is 17.2. The predicted octanol–water partition coefficient (Wildman–Crippen LogP) is 0.589. The number of hydrogen-bond donors (Lipinski definition) is 0. The van der Waals surface area contributed by atoms with Crippen LogP contribution in [0.2, 0.25) is 26.2 Å². The van der Waals surface area contributed by atoms with Gasteiger partial charge in [0.1, 0.15) is 0 Å². The molecule has 0 atom stereocenters. The van der Waals surface area contributed by atoms with Crippen LogP contribution in [0.15, 0.2) is 60.7 Å². The monoisotopic (exact) mass is 307 g/mol. The summed E-state index contributed by atoms with van der Waals surface area (Å²) < 4.78 is 5.36. The molecule has 0 aliphatic rings. The number of hydrogen-bond acceptors (Lipinski definition) is 0. The minimum atomic E-state index is -1.71. The maximum Gasteiger partial charge on any atom is 1.00 e. The van der Waals surface area contributed by atoms with Crippen molar-refractivity contribution in [1.29, 1.82) is 0 Å². The molecule has 0 unspecified atom stereocenters. The van der Waals surface area contributed by atoms with Gasteiger partial charge in [0.15, 0.2) is 0 Å². The molecule has 0 aliphatic carbocycles. The molecule has 0 heterocycles. The molecule has 20 heavy (non-hydrogen) atoms. The average Bonchev–Trinajstić information content (AvgIpc) is 2.40. The Hall–Kier alpha value is -0.166. The molecule has 2 aromatic rings. The van der Waals surface area contributed by atoms with Crippen molar-refractivity contribution in [1.82, 2.24) is 0 Å². The number of nitrogens with zero attached hydrogens (tertiary/aromatic N) is 1. The molecule has 0 amide bonds. The first-order valence-corrected chi connectivity index (χ1v) is 12.7. The quantitative estimate of drug-likeness (QED) is 0.734. The van der Waals surface area contributed by atoms with Gasteiger partial charge >= 0.3 is 29.6 Å². The standard InChI is InChI=1S/C16H22NSi2.Na/c1-18(2,15-11-7-5-8-12-15)17-19(3,4)16-13-9-6-10-14-16;/h5-14H,1-4H3;/q-1;+1. The van der Waals surface area contributed by atoms with E-state index in [0.29, 0.717) is 0 Å². The van der Waals surface area contributed by atoms with Crippen LogP contribution in [0.25, 0.3) is 4.65 Å². The molecule has 0 bridgehead atoms. The van der Waals surface area contributed by atoms with E-state index in [2.05, 4.69) is 86.9 Å². The molecular weight excluding hydrogens is 285 g/mol. The molecular formula is C16H22NNaSi2. The van der Waals surface area contributed by atoms with E-state index in [1.165, 1.54) is 10.4 Å².